The van der Waals surface area contributed by atoms with Gasteiger partial charge < -0.3 is 10.1 Å². The molecule has 0 atom stereocenters. The van der Waals surface area contributed by atoms with Gasteiger partial charge in [0.2, 0.25) is 5.91 Å². The maximum atomic E-state index is 12.3. The highest BCUT2D eigenvalue weighted by Gasteiger charge is 2.34. The van der Waals surface area contributed by atoms with Gasteiger partial charge in [-0.3, -0.25) is 14.9 Å². The first-order valence-corrected chi connectivity index (χ1v) is 8.93. The van der Waals surface area contributed by atoms with Gasteiger partial charge in [-0.1, -0.05) is 30.3 Å². The number of amides is 1. The lowest BCUT2D eigenvalue weighted by Crippen LogP contribution is -2.44. The van der Waals surface area contributed by atoms with Gasteiger partial charge in [-0.15, -0.1) is 0 Å². The van der Waals surface area contributed by atoms with Crippen molar-refractivity contribution < 1.29 is 14.5 Å². The molecule has 1 heterocycles. The minimum absolute atomic E-state index is 0.0286. The van der Waals surface area contributed by atoms with Crippen LogP contribution in [0.1, 0.15) is 24.0 Å². The van der Waals surface area contributed by atoms with E-state index in [0.29, 0.717) is 19.8 Å². The van der Waals surface area contributed by atoms with Crippen LogP contribution < -0.4 is 5.32 Å². The van der Waals surface area contributed by atoms with Crippen LogP contribution in [0.15, 0.2) is 60.7 Å². The molecule has 1 amide bonds. The quantitative estimate of drug-likeness (QED) is 0.482. The summed E-state index contributed by atoms with van der Waals surface area (Å²) in [4.78, 5) is 22.5. The van der Waals surface area contributed by atoms with E-state index in [1.165, 1.54) is 23.8 Å². The average molecular weight is 366 g/mol. The van der Waals surface area contributed by atoms with Crippen molar-refractivity contribution in [3.05, 3.63) is 81.9 Å². The van der Waals surface area contributed by atoms with Crippen molar-refractivity contribution in [1.29, 1.82) is 0 Å². The Balaban J connectivity index is 1.63. The Morgan fingerprint density at radius 3 is 2.41 bits per heavy atom. The van der Waals surface area contributed by atoms with Gasteiger partial charge in [0.05, 0.1) is 4.92 Å². The fourth-order valence-electron chi connectivity index (χ4n) is 3.32. The van der Waals surface area contributed by atoms with E-state index in [1.54, 1.807) is 18.2 Å². The van der Waals surface area contributed by atoms with E-state index in [-0.39, 0.29) is 17.0 Å². The Hall–Kier alpha value is -2.99. The molecule has 0 saturated carbocycles. The van der Waals surface area contributed by atoms with Crippen LogP contribution in [0, 0.1) is 10.1 Å². The van der Waals surface area contributed by atoms with E-state index in [1.807, 2.05) is 18.2 Å². The first kappa shape index (κ1) is 18.8. The number of carbonyl (C=O) groups is 1. The van der Waals surface area contributed by atoms with Gasteiger partial charge in [-0.2, -0.15) is 0 Å². The largest absolute Gasteiger partial charge is 0.381 e. The van der Waals surface area contributed by atoms with Crippen LogP contribution in [0.3, 0.4) is 0 Å². The van der Waals surface area contributed by atoms with Crippen molar-refractivity contribution in [3.8, 4) is 0 Å². The van der Waals surface area contributed by atoms with Crippen LogP contribution >= 0.6 is 0 Å². The summed E-state index contributed by atoms with van der Waals surface area (Å²) in [5.41, 5.74) is 1.87. The van der Waals surface area contributed by atoms with Crippen LogP contribution in [0.4, 0.5) is 5.69 Å². The molecule has 1 aliphatic heterocycles. The molecule has 1 fully saturated rings. The van der Waals surface area contributed by atoms with E-state index < -0.39 is 4.92 Å². The van der Waals surface area contributed by atoms with Gasteiger partial charge >= 0.3 is 0 Å². The zero-order valence-corrected chi connectivity index (χ0v) is 15.0. The number of ether oxygens (including phenoxy) is 1. The summed E-state index contributed by atoms with van der Waals surface area (Å²) in [6.45, 7) is 1.91. The van der Waals surface area contributed by atoms with Crippen LogP contribution in [0.5, 0.6) is 0 Å². The molecule has 6 nitrogen and oxygen atoms in total. The second kappa shape index (κ2) is 8.60. The second-order valence-corrected chi connectivity index (χ2v) is 6.66. The third-order valence-corrected chi connectivity index (χ3v) is 4.97. The molecular formula is C21H22N2O4. The highest BCUT2D eigenvalue weighted by atomic mass is 16.6. The predicted molar refractivity (Wildman–Crippen MR) is 103 cm³/mol. The third kappa shape index (κ3) is 4.80. The first-order valence-electron chi connectivity index (χ1n) is 8.93. The van der Waals surface area contributed by atoms with Crippen LogP contribution in [0.25, 0.3) is 6.08 Å². The molecule has 6 heteroatoms. The summed E-state index contributed by atoms with van der Waals surface area (Å²) in [5, 5.41) is 13.7. The van der Waals surface area contributed by atoms with Gasteiger partial charge in [0.1, 0.15) is 0 Å². The summed E-state index contributed by atoms with van der Waals surface area (Å²) < 4.78 is 5.51. The predicted octanol–water partition coefficient (Wildman–Crippen LogP) is 3.47. The number of nitrogens with zero attached hydrogens (tertiary/aromatic N) is 1. The third-order valence-electron chi connectivity index (χ3n) is 4.97. The minimum atomic E-state index is -0.447. The topological polar surface area (TPSA) is 81.5 Å². The van der Waals surface area contributed by atoms with Crippen LogP contribution in [0.2, 0.25) is 0 Å². The highest BCUT2D eigenvalue weighted by Crippen LogP contribution is 2.34. The molecule has 3 rings (SSSR count). The number of rotatable bonds is 6. The summed E-state index contributed by atoms with van der Waals surface area (Å²) in [5.74, 6) is -0.185. The lowest BCUT2D eigenvalue weighted by molar-refractivity contribution is -0.384. The SMILES string of the molecule is O=C(/C=C/c1ccc([N+](=O)[O-])cc1)NCC1(c2ccccc2)CCOCC1. The number of carbonyl (C=O) groups excluding carboxylic acids is 1. The van der Waals surface area contributed by atoms with E-state index in [4.69, 9.17) is 4.74 Å². The Labute approximate surface area is 158 Å². The molecule has 0 aliphatic carbocycles. The molecule has 1 aliphatic rings. The molecule has 0 bridgehead atoms. The Kier molecular flexibility index (Phi) is 5.98. The molecular weight excluding hydrogens is 344 g/mol. The first-order chi connectivity index (χ1) is 13.1. The number of hydrogen-bond acceptors (Lipinski definition) is 4. The summed E-state index contributed by atoms with van der Waals surface area (Å²) in [7, 11) is 0. The zero-order valence-electron chi connectivity index (χ0n) is 15.0. The zero-order chi connectivity index (χ0) is 19.1. The van der Waals surface area contributed by atoms with Crippen LogP contribution in [-0.4, -0.2) is 30.6 Å². The van der Waals surface area contributed by atoms with Crippen molar-refractivity contribution in [2.24, 2.45) is 0 Å². The number of hydrogen-bond donors (Lipinski definition) is 1. The van der Waals surface area contributed by atoms with Crippen molar-refractivity contribution in [1.82, 2.24) is 5.32 Å². The average Bonchev–Trinajstić information content (AvgIpc) is 2.72. The summed E-state index contributed by atoms with van der Waals surface area (Å²) in [6.07, 6.45) is 4.84. The van der Waals surface area contributed by atoms with Crippen molar-refractivity contribution in [3.63, 3.8) is 0 Å². The lowest BCUT2D eigenvalue weighted by Gasteiger charge is -2.37. The Morgan fingerprint density at radius 2 is 1.78 bits per heavy atom. The Morgan fingerprint density at radius 1 is 1.11 bits per heavy atom. The smallest absolute Gasteiger partial charge is 0.269 e. The van der Waals surface area contributed by atoms with E-state index >= 15 is 0 Å². The fraction of sp³-hybridized carbons (Fsp3) is 0.286. The van der Waals surface area contributed by atoms with E-state index in [9.17, 15) is 14.9 Å². The van der Waals surface area contributed by atoms with Crippen molar-refractivity contribution in [2.45, 2.75) is 18.3 Å². The van der Waals surface area contributed by atoms with Gasteiger partial charge in [0.15, 0.2) is 0 Å². The second-order valence-electron chi connectivity index (χ2n) is 6.66. The minimum Gasteiger partial charge on any atom is -0.381 e. The molecule has 2 aromatic carbocycles. The summed E-state index contributed by atoms with van der Waals surface area (Å²) in [6, 6.07) is 16.3. The molecule has 2 aromatic rings. The molecule has 27 heavy (non-hydrogen) atoms. The Bertz CT molecular complexity index is 810. The molecule has 0 aromatic heterocycles. The standard InChI is InChI=1S/C21H22N2O4/c24-20(11-8-17-6-9-19(10-7-17)23(25)26)22-16-21(12-14-27-15-13-21)18-4-2-1-3-5-18/h1-11H,12-16H2,(H,22,24)/b11-8+. The molecule has 1 N–H and O–H groups in total. The molecule has 0 spiro atoms. The monoisotopic (exact) mass is 366 g/mol. The van der Waals surface area contributed by atoms with Crippen molar-refractivity contribution in [2.75, 3.05) is 19.8 Å². The maximum Gasteiger partial charge on any atom is 0.269 e. The number of nitro groups is 1. The molecule has 0 radical (unpaired) electrons. The highest BCUT2D eigenvalue weighted by molar-refractivity contribution is 5.91. The number of nitro benzene ring substituents is 1. The van der Waals surface area contributed by atoms with E-state index in [0.717, 1.165) is 18.4 Å². The lowest BCUT2D eigenvalue weighted by atomic mass is 9.74. The molecule has 0 unspecified atom stereocenters. The molecule has 140 valence electrons. The summed E-state index contributed by atoms with van der Waals surface area (Å²) >= 11 is 0. The normalized spacial score (nSPS) is 16.1. The van der Waals surface area contributed by atoms with Crippen LogP contribution in [-0.2, 0) is 14.9 Å². The van der Waals surface area contributed by atoms with Gasteiger partial charge in [0.25, 0.3) is 5.69 Å². The number of nitrogens with one attached hydrogen (secondary N) is 1. The van der Waals surface area contributed by atoms with Gasteiger partial charge in [-0.05, 0) is 42.2 Å². The van der Waals surface area contributed by atoms with Gasteiger partial charge in [0, 0.05) is 43.4 Å². The number of benzene rings is 2. The molecule has 1 saturated heterocycles. The van der Waals surface area contributed by atoms with Crippen molar-refractivity contribution >= 4 is 17.7 Å². The number of non-ortho nitro benzene ring substituents is 1. The van der Waals surface area contributed by atoms with Gasteiger partial charge in [-0.25, -0.2) is 0 Å². The van der Waals surface area contributed by atoms with E-state index in [2.05, 4.69) is 17.4 Å². The fourth-order valence-corrected chi connectivity index (χ4v) is 3.32. The maximum absolute atomic E-state index is 12.3.